The van der Waals surface area contributed by atoms with E-state index in [4.69, 9.17) is 5.84 Å². The number of nitrogens with zero attached hydrogens (tertiary/aromatic N) is 1. The van der Waals surface area contributed by atoms with Crippen molar-refractivity contribution in [2.75, 3.05) is 13.6 Å². The Kier molecular flexibility index (Phi) is 3.32. The van der Waals surface area contributed by atoms with Crippen LogP contribution in [-0.4, -0.2) is 30.4 Å². The van der Waals surface area contributed by atoms with Crippen LogP contribution in [0.5, 0.6) is 0 Å². The normalized spacial score (nSPS) is 41.1. The standard InChI is InChI=1S/C14H25N3O/c1-17(13(18)2-3-16-15)14-11-5-9-4-10(7-11)8-12(14)6-9/h9-12,14,16H,2-8,15H2,1H3. The molecule has 3 N–H and O–H groups in total. The first-order valence-electron chi connectivity index (χ1n) is 7.38. The maximum Gasteiger partial charge on any atom is 0.223 e. The highest BCUT2D eigenvalue weighted by Gasteiger charge is 2.50. The Labute approximate surface area is 109 Å². The van der Waals surface area contributed by atoms with Crippen molar-refractivity contribution in [3.8, 4) is 0 Å². The zero-order valence-electron chi connectivity index (χ0n) is 11.3. The summed E-state index contributed by atoms with van der Waals surface area (Å²) in [5.41, 5.74) is 2.57. The summed E-state index contributed by atoms with van der Waals surface area (Å²) in [4.78, 5) is 14.2. The van der Waals surface area contributed by atoms with E-state index in [-0.39, 0.29) is 5.91 Å². The van der Waals surface area contributed by atoms with Crippen molar-refractivity contribution >= 4 is 5.91 Å². The van der Waals surface area contributed by atoms with Crippen LogP contribution in [0.3, 0.4) is 0 Å². The Balaban J connectivity index is 1.67. The lowest BCUT2D eigenvalue weighted by Crippen LogP contribution is -2.56. The van der Waals surface area contributed by atoms with Crippen molar-refractivity contribution in [3.63, 3.8) is 0 Å². The summed E-state index contributed by atoms with van der Waals surface area (Å²) >= 11 is 0. The van der Waals surface area contributed by atoms with E-state index in [1.54, 1.807) is 0 Å². The van der Waals surface area contributed by atoms with Gasteiger partial charge in [-0.3, -0.25) is 16.1 Å². The molecule has 18 heavy (non-hydrogen) atoms. The van der Waals surface area contributed by atoms with Gasteiger partial charge in [0.2, 0.25) is 5.91 Å². The molecule has 0 aliphatic heterocycles. The van der Waals surface area contributed by atoms with Crippen molar-refractivity contribution in [2.24, 2.45) is 29.5 Å². The smallest absolute Gasteiger partial charge is 0.223 e. The minimum absolute atomic E-state index is 0.255. The predicted octanol–water partition coefficient (Wildman–Crippen LogP) is 1.12. The average Bonchev–Trinajstić information content (AvgIpc) is 2.34. The van der Waals surface area contributed by atoms with Crippen LogP contribution in [0.25, 0.3) is 0 Å². The number of rotatable bonds is 4. The van der Waals surface area contributed by atoms with Gasteiger partial charge in [-0.2, -0.15) is 0 Å². The van der Waals surface area contributed by atoms with E-state index in [1.807, 2.05) is 11.9 Å². The van der Waals surface area contributed by atoms with Gasteiger partial charge in [0.25, 0.3) is 0 Å². The van der Waals surface area contributed by atoms with Crippen molar-refractivity contribution in [3.05, 3.63) is 0 Å². The van der Waals surface area contributed by atoms with Gasteiger partial charge in [0.1, 0.15) is 0 Å². The van der Waals surface area contributed by atoms with Gasteiger partial charge in [-0.15, -0.1) is 0 Å². The molecular weight excluding hydrogens is 226 g/mol. The fraction of sp³-hybridized carbons (Fsp3) is 0.929. The third kappa shape index (κ3) is 2.05. The van der Waals surface area contributed by atoms with Crippen LogP contribution < -0.4 is 11.3 Å². The van der Waals surface area contributed by atoms with Gasteiger partial charge in [-0.05, 0) is 55.8 Å². The first-order chi connectivity index (χ1) is 8.69. The summed E-state index contributed by atoms with van der Waals surface area (Å²) in [5.74, 6) is 9.00. The van der Waals surface area contributed by atoms with Crippen molar-refractivity contribution < 1.29 is 4.79 Å². The van der Waals surface area contributed by atoms with Gasteiger partial charge in [0.15, 0.2) is 0 Å². The molecule has 0 atom stereocenters. The fourth-order valence-electron chi connectivity index (χ4n) is 5.05. The van der Waals surface area contributed by atoms with E-state index in [9.17, 15) is 4.79 Å². The first-order valence-corrected chi connectivity index (χ1v) is 7.38. The minimum Gasteiger partial charge on any atom is -0.342 e. The lowest BCUT2D eigenvalue weighted by molar-refractivity contribution is -0.141. The average molecular weight is 251 g/mol. The van der Waals surface area contributed by atoms with Gasteiger partial charge >= 0.3 is 0 Å². The van der Waals surface area contributed by atoms with Crippen LogP contribution >= 0.6 is 0 Å². The molecule has 0 heterocycles. The topological polar surface area (TPSA) is 58.4 Å². The molecular formula is C14H25N3O. The number of carbonyl (C=O) groups excluding carboxylic acids is 1. The number of hydrogen-bond acceptors (Lipinski definition) is 3. The SMILES string of the molecule is CN(C(=O)CCNN)C1C2CC3CC(C2)CC1C3. The highest BCUT2D eigenvalue weighted by atomic mass is 16.2. The molecule has 0 saturated heterocycles. The molecule has 4 aliphatic rings. The van der Waals surface area contributed by atoms with E-state index in [1.165, 1.54) is 32.1 Å². The molecule has 102 valence electrons. The Morgan fingerprint density at radius 3 is 2.22 bits per heavy atom. The Bertz CT molecular complexity index is 303. The second-order valence-electron chi connectivity index (χ2n) is 6.63. The highest BCUT2D eigenvalue weighted by Crippen LogP contribution is 2.54. The number of hydrogen-bond donors (Lipinski definition) is 2. The summed E-state index contributed by atoms with van der Waals surface area (Å²) in [6.07, 6.45) is 7.45. The third-order valence-electron chi connectivity index (χ3n) is 5.50. The minimum atomic E-state index is 0.255. The maximum atomic E-state index is 12.2. The molecule has 0 aromatic heterocycles. The fourth-order valence-corrected chi connectivity index (χ4v) is 5.05. The first kappa shape index (κ1) is 12.4. The van der Waals surface area contributed by atoms with Crippen LogP contribution in [-0.2, 0) is 4.79 Å². The molecule has 4 aliphatic carbocycles. The summed E-state index contributed by atoms with van der Waals surface area (Å²) in [6, 6.07) is 0.517. The number of carbonyl (C=O) groups is 1. The summed E-state index contributed by atoms with van der Waals surface area (Å²) in [6.45, 7) is 0.580. The zero-order valence-corrected chi connectivity index (χ0v) is 11.3. The quantitative estimate of drug-likeness (QED) is 0.581. The van der Waals surface area contributed by atoms with Crippen LogP contribution in [0.4, 0.5) is 0 Å². The maximum absolute atomic E-state index is 12.2. The molecule has 0 spiro atoms. The summed E-state index contributed by atoms with van der Waals surface area (Å²) in [7, 11) is 2.01. The Morgan fingerprint density at radius 2 is 1.72 bits per heavy atom. The van der Waals surface area contributed by atoms with Crippen LogP contribution in [0.15, 0.2) is 0 Å². The van der Waals surface area contributed by atoms with E-state index in [2.05, 4.69) is 5.43 Å². The molecule has 4 saturated carbocycles. The predicted molar refractivity (Wildman–Crippen MR) is 70.4 cm³/mol. The number of hydrazine groups is 1. The van der Waals surface area contributed by atoms with Gasteiger partial charge in [0.05, 0.1) is 0 Å². The lowest BCUT2D eigenvalue weighted by Gasteiger charge is -2.56. The lowest BCUT2D eigenvalue weighted by atomic mass is 9.54. The molecule has 4 nitrogen and oxygen atoms in total. The second kappa shape index (κ2) is 4.82. The van der Waals surface area contributed by atoms with Gasteiger partial charge in [-0.25, -0.2) is 0 Å². The number of nitrogens with one attached hydrogen (secondary N) is 1. The van der Waals surface area contributed by atoms with E-state index in [0.717, 1.165) is 23.7 Å². The molecule has 1 amide bonds. The Hall–Kier alpha value is -0.610. The third-order valence-corrected chi connectivity index (χ3v) is 5.50. The monoisotopic (exact) mass is 251 g/mol. The number of amides is 1. The van der Waals surface area contributed by atoms with Crippen molar-refractivity contribution in [2.45, 2.75) is 44.6 Å². The second-order valence-corrected chi connectivity index (χ2v) is 6.63. The van der Waals surface area contributed by atoms with E-state index >= 15 is 0 Å². The van der Waals surface area contributed by atoms with Crippen LogP contribution in [0, 0.1) is 23.7 Å². The van der Waals surface area contributed by atoms with E-state index in [0.29, 0.717) is 19.0 Å². The largest absolute Gasteiger partial charge is 0.342 e. The molecule has 0 unspecified atom stereocenters. The van der Waals surface area contributed by atoms with Crippen molar-refractivity contribution in [1.29, 1.82) is 0 Å². The van der Waals surface area contributed by atoms with Crippen LogP contribution in [0.2, 0.25) is 0 Å². The summed E-state index contributed by atoms with van der Waals surface area (Å²) in [5, 5.41) is 0. The van der Waals surface area contributed by atoms with Crippen LogP contribution in [0.1, 0.15) is 38.5 Å². The molecule has 0 aromatic rings. The zero-order chi connectivity index (χ0) is 12.7. The molecule has 4 heteroatoms. The number of nitrogens with two attached hydrogens (primary N) is 1. The Morgan fingerprint density at radius 1 is 1.17 bits per heavy atom. The van der Waals surface area contributed by atoms with Gasteiger partial charge in [-0.1, -0.05) is 0 Å². The van der Waals surface area contributed by atoms with E-state index < -0.39 is 0 Å². The molecule has 0 radical (unpaired) electrons. The van der Waals surface area contributed by atoms with Gasteiger partial charge in [0, 0.05) is 26.1 Å². The molecule has 4 rings (SSSR count). The highest BCUT2D eigenvalue weighted by molar-refractivity contribution is 5.76. The molecule has 4 fully saturated rings. The molecule has 0 aromatic carbocycles. The van der Waals surface area contributed by atoms with Gasteiger partial charge < -0.3 is 4.90 Å². The molecule has 4 bridgehead atoms. The van der Waals surface area contributed by atoms with Crippen molar-refractivity contribution in [1.82, 2.24) is 10.3 Å². The summed E-state index contributed by atoms with van der Waals surface area (Å²) < 4.78 is 0.